The molecule has 1 fully saturated rings. The highest BCUT2D eigenvalue weighted by Gasteiger charge is 2.31. The number of halogens is 2. The lowest BCUT2D eigenvalue weighted by molar-refractivity contribution is -0.118. The van der Waals surface area contributed by atoms with Gasteiger partial charge in [-0.15, -0.1) is 10.2 Å². The molecule has 234 valence electrons. The first-order valence-corrected chi connectivity index (χ1v) is 14.8. The number of aromatic nitrogens is 4. The number of alkyl halides is 1. The van der Waals surface area contributed by atoms with E-state index in [2.05, 4.69) is 26.0 Å². The SMILES string of the molecule is Cc1nocc1C(=O)NC(Cc1cc(-c2cccc(C(=O)N3CC(F)C3)c2)ccc1Cl)C(=O)Nc1ccc(-c2nncn2C)cc1. The molecule has 0 bridgehead atoms. The minimum absolute atomic E-state index is 0.0515. The summed E-state index contributed by atoms with van der Waals surface area (Å²) in [6.07, 6.45) is 1.88. The normalized spacial score (nSPS) is 13.6. The topological polar surface area (TPSA) is 135 Å². The smallest absolute Gasteiger partial charge is 0.257 e. The third kappa shape index (κ3) is 6.52. The van der Waals surface area contributed by atoms with E-state index in [1.54, 1.807) is 54.2 Å². The zero-order chi connectivity index (χ0) is 32.4. The predicted molar refractivity (Wildman–Crippen MR) is 169 cm³/mol. The summed E-state index contributed by atoms with van der Waals surface area (Å²) in [7, 11) is 1.83. The number of rotatable bonds is 9. The number of benzene rings is 3. The van der Waals surface area contributed by atoms with Crippen LogP contribution in [0.3, 0.4) is 0 Å². The van der Waals surface area contributed by atoms with Gasteiger partial charge in [0.1, 0.15) is 30.4 Å². The molecule has 0 aliphatic carbocycles. The maximum absolute atomic E-state index is 13.7. The maximum Gasteiger partial charge on any atom is 0.257 e. The van der Waals surface area contributed by atoms with Crippen molar-refractivity contribution in [1.82, 2.24) is 30.1 Å². The molecule has 5 aromatic rings. The fraction of sp³-hybridized carbons (Fsp3) is 0.212. The highest BCUT2D eigenvalue weighted by Crippen LogP contribution is 2.28. The molecule has 1 saturated heterocycles. The number of carbonyl (C=O) groups excluding carboxylic acids is 3. The van der Waals surface area contributed by atoms with E-state index in [9.17, 15) is 18.8 Å². The van der Waals surface area contributed by atoms with Crippen molar-refractivity contribution in [2.45, 2.75) is 25.6 Å². The molecule has 3 amide bonds. The van der Waals surface area contributed by atoms with Crippen LogP contribution in [0.4, 0.5) is 10.1 Å². The number of hydrogen-bond acceptors (Lipinski definition) is 7. The molecule has 3 aromatic carbocycles. The Bertz CT molecular complexity index is 1920. The van der Waals surface area contributed by atoms with Crippen LogP contribution in [0.2, 0.25) is 5.02 Å². The number of nitrogens with one attached hydrogen (secondary N) is 2. The minimum Gasteiger partial charge on any atom is -0.364 e. The van der Waals surface area contributed by atoms with E-state index in [-0.39, 0.29) is 31.0 Å². The number of amides is 3. The molecule has 0 radical (unpaired) electrons. The molecule has 13 heteroatoms. The fourth-order valence-corrected chi connectivity index (χ4v) is 5.36. The summed E-state index contributed by atoms with van der Waals surface area (Å²) in [4.78, 5) is 41.1. The van der Waals surface area contributed by atoms with Gasteiger partial charge in [-0.1, -0.05) is 35.0 Å². The van der Waals surface area contributed by atoms with Crippen LogP contribution >= 0.6 is 11.6 Å². The van der Waals surface area contributed by atoms with Gasteiger partial charge in [0.05, 0.1) is 18.8 Å². The molecule has 1 aliphatic rings. The Morgan fingerprint density at radius 1 is 1.04 bits per heavy atom. The van der Waals surface area contributed by atoms with Crippen LogP contribution in [0.5, 0.6) is 0 Å². The second kappa shape index (κ2) is 12.9. The van der Waals surface area contributed by atoms with Crippen LogP contribution < -0.4 is 10.6 Å². The summed E-state index contributed by atoms with van der Waals surface area (Å²) in [5, 5.41) is 17.8. The summed E-state index contributed by atoms with van der Waals surface area (Å²) in [5.41, 5.74) is 4.45. The number of likely N-dealkylation sites (tertiary alicyclic amines) is 1. The van der Waals surface area contributed by atoms with Crippen molar-refractivity contribution in [2.24, 2.45) is 7.05 Å². The van der Waals surface area contributed by atoms with E-state index >= 15 is 0 Å². The molecule has 0 spiro atoms. The predicted octanol–water partition coefficient (Wildman–Crippen LogP) is 4.87. The van der Waals surface area contributed by atoms with E-state index < -0.39 is 24.0 Å². The van der Waals surface area contributed by atoms with Gasteiger partial charge in [-0.25, -0.2) is 4.39 Å². The van der Waals surface area contributed by atoms with Gasteiger partial charge >= 0.3 is 0 Å². The Labute approximate surface area is 268 Å². The summed E-state index contributed by atoms with van der Waals surface area (Å²) < 4.78 is 20.0. The minimum atomic E-state index is -1.04. The van der Waals surface area contributed by atoms with Crippen molar-refractivity contribution in [1.29, 1.82) is 0 Å². The Balaban J connectivity index is 1.25. The second-order valence-electron chi connectivity index (χ2n) is 11.1. The Morgan fingerprint density at radius 2 is 1.78 bits per heavy atom. The summed E-state index contributed by atoms with van der Waals surface area (Å²) in [5.74, 6) is -0.566. The Hall–Kier alpha value is -5.36. The van der Waals surface area contributed by atoms with E-state index in [0.29, 0.717) is 33.4 Å². The average Bonchev–Trinajstić information content (AvgIpc) is 3.67. The molecule has 3 heterocycles. The van der Waals surface area contributed by atoms with Crippen LogP contribution in [0, 0.1) is 6.92 Å². The first-order chi connectivity index (χ1) is 22.2. The largest absolute Gasteiger partial charge is 0.364 e. The van der Waals surface area contributed by atoms with Crippen LogP contribution in [0.1, 0.15) is 32.0 Å². The summed E-state index contributed by atoms with van der Waals surface area (Å²) in [6, 6.07) is 18.4. The second-order valence-corrected chi connectivity index (χ2v) is 11.5. The molecular weight excluding hydrogens is 613 g/mol. The lowest BCUT2D eigenvalue weighted by atomic mass is 9.97. The summed E-state index contributed by atoms with van der Waals surface area (Å²) in [6.45, 7) is 1.80. The fourth-order valence-electron chi connectivity index (χ4n) is 5.17. The lowest BCUT2D eigenvalue weighted by Gasteiger charge is -2.34. The molecule has 2 aromatic heterocycles. The van der Waals surface area contributed by atoms with Crippen molar-refractivity contribution < 1.29 is 23.3 Å². The average molecular weight is 642 g/mol. The van der Waals surface area contributed by atoms with Crippen molar-refractivity contribution in [3.63, 3.8) is 0 Å². The zero-order valence-corrected chi connectivity index (χ0v) is 25.7. The van der Waals surface area contributed by atoms with Crippen LogP contribution in [-0.2, 0) is 18.3 Å². The number of nitrogens with zero attached hydrogens (tertiary/aromatic N) is 5. The van der Waals surface area contributed by atoms with E-state index in [1.807, 2.05) is 37.4 Å². The van der Waals surface area contributed by atoms with Crippen molar-refractivity contribution >= 4 is 35.0 Å². The van der Waals surface area contributed by atoms with Crippen LogP contribution in [0.15, 0.2) is 83.8 Å². The van der Waals surface area contributed by atoms with Gasteiger partial charge in [0.2, 0.25) is 5.91 Å². The number of hydrogen-bond donors (Lipinski definition) is 2. The molecule has 1 unspecified atom stereocenters. The van der Waals surface area contributed by atoms with Gasteiger partial charge in [-0.05, 0) is 72.1 Å². The van der Waals surface area contributed by atoms with Gasteiger partial charge in [-0.2, -0.15) is 0 Å². The van der Waals surface area contributed by atoms with Crippen molar-refractivity contribution in [2.75, 3.05) is 18.4 Å². The van der Waals surface area contributed by atoms with E-state index in [1.165, 1.54) is 11.2 Å². The van der Waals surface area contributed by atoms with Gasteiger partial charge in [0.15, 0.2) is 5.82 Å². The third-order valence-corrected chi connectivity index (χ3v) is 8.14. The lowest BCUT2D eigenvalue weighted by Crippen LogP contribution is -2.51. The Morgan fingerprint density at radius 3 is 2.46 bits per heavy atom. The van der Waals surface area contributed by atoms with E-state index in [4.69, 9.17) is 16.1 Å². The Kier molecular flexibility index (Phi) is 8.62. The highest BCUT2D eigenvalue weighted by atomic mass is 35.5. The van der Waals surface area contributed by atoms with Crippen LogP contribution in [-0.4, -0.2) is 67.8 Å². The molecule has 2 N–H and O–H groups in total. The molecule has 11 nitrogen and oxygen atoms in total. The van der Waals surface area contributed by atoms with Gasteiger partial charge in [-0.3, -0.25) is 14.4 Å². The molecule has 46 heavy (non-hydrogen) atoms. The van der Waals surface area contributed by atoms with Gasteiger partial charge < -0.3 is 24.6 Å². The molecule has 1 atom stereocenters. The third-order valence-electron chi connectivity index (χ3n) is 7.78. The first-order valence-electron chi connectivity index (χ1n) is 14.5. The molecule has 6 rings (SSSR count). The summed E-state index contributed by atoms with van der Waals surface area (Å²) >= 11 is 6.62. The first kappa shape index (κ1) is 30.7. The van der Waals surface area contributed by atoms with Gasteiger partial charge in [0, 0.05) is 35.3 Å². The van der Waals surface area contributed by atoms with Crippen molar-refractivity contribution in [3.8, 4) is 22.5 Å². The number of anilines is 1. The maximum atomic E-state index is 13.7. The molecule has 0 saturated carbocycles. The quantitative estimate of drug-likeness (QED) is 0.234. The standard InChI is InChI=1S/C33H29ClFN7O4/c1-19-27(17-46-40-19)31(43)38-29(32(44)37-26-9-6-20(7-10-26)30-39-36-18-41(30)2)14-24-13-22(8-11-28(24)34)21-4-3-5-23(12-21)33(45)42-15-25(35)16-42/h3-13,17-18,25,29H,14-16H2,1-2H3,(H,37,44)(H,38,43). The van der Waals surface area contributed by atoms with Gasteiger partial charge in [0.25, 0.3) is 11.8 Å². The number of aryl methyl sites for hydroxylation is 2. The van der Waals surface area contributed by atoms with Crippen LogP contribution in [0.25, 0.3) is 22.5 Å². The molecular formula is C33H29ClFN7O4. The zero-order valence-electron chi connectivity index (χ0n) is 24.9. The van der Waals surface area contributed by atoms with Crippen molar-refractivity contribution in [3.05, 3.63) is 107 Å². The molecule has 1 aliphatic heterocycles. The number of carbonyl (C=O) groups is 3. The van der Waals surface area contributed by atoms with E-state index in [0.717, 1.165) is 16.7 Å². The highest BCUT2D eigenvalue weighted by molar-refractivity contribution is 6.31. The monoisotopic (exact) mass is 641 g/mol.